The Labute approximate surface area is 63.4 Å². The molecular formula is C9H17N. The number of hydrogen-bond donors (Lipinski definition) is 0. The van der Waals surface area contributed by atoms with E-state index in [2.05, 4.69) is 11.9 Å². The van der Waals surface area contributed by atoms with Crippen LogP contribution in [-0.4, -0.2) is 24.5 Å². The highest BCUT2D eigenvalue weighted by molar-refractivity contribution is 4.84. The zero-order chi connectivity index (χ0) is 6.97. The van der Waals surface area contributed by atoms with Gasteiger partial charge in [-0.15, -0.1) is 0 Å². The summed E-state index contributed by atoms with van der Waals surface area (Å²) in [7, 11) is 2.29. The average Bonchev–Trinajstić information content (AvgIpc) is 2.58. The molecule has 2 rings (SSSR count). The van der Waals surface area contributed by atoms with Gasteiger partial charge in [0.15, 0.2) is 0 Å². The molecule has 0 atom stereocenters. The summed E-state index contributed by atoms with van der Waals surface area (Å²) in [6, 6.07) is 0.973. The highest BCUT2D eigenvalue weighted by Gasteiger charge is 2.29. The molecule has 0 radical (unpaired) electrons. The van der Waals surface area contributed by atoms with Crippen LogP contribution >= 0.6 is 0 Å². The van der Waals surface area contributed by atoms with Crippen LogP contribution in [0, 0.1) is 5.92 Å². The predicted octanol–water partition coefficient (Wildman–Crippen LogP) is 1.88. The van der Waals surface area contributed by atoms with Crippen molar-refractivity contribution in [3.8, 4) is 0 Å². The summed E-state index contributed by atoms with van der Waals surface area (Å²) in [6.45, 7) is 1.38. The number of nitrogens with zero attached hydrogens (tertiary/aromatic N) is 1. The van der Waals surface area contributed by atoms with Gasteiger partial charge in [0, 0.05) is 12.6 Å². The van der Waals surface area contributed by atoms with E-state index in [9.17, 15) is 0 Å². The van der Waals surface area contributed by atoms with Gasteiger partial charge in [-0.25, -0.2) is 0 Å². The van der Waals surface area contributed by atoms with E-state index in [4.69, 9.17) is 0 Å². The SMILES string of the molecule is CN(CC1CCC1)C1CC1. The maximum Gasteiger partial charge on any atom is 0.00934 e. The second kappa shape index (κ2) is 2.54. The number of hydrogen-bond acceptors (Lipinski definition) is 1. The van der Waals surface area contributed by atoms with E-state index in [1.54, 1.807) is 0 Å². The third-order valence-electron chi connectivity index (χ3n) is 2.94. The van der Waals surface area contributed by atoms with Crippen LogP contribution in [0.15, 0.2) is 0 Å². The molecule has 58 valence electrons. The smallest absolute Gasteiger partial charge is 0.00934 e. The van der Waals surface area contributed by atoms with Crippen molar-refractivity contribution in [1.29, 1.82) is 0 Å². The van der Waals surface area contributed by atoms with Crippen LogP contribution in [0.3, 0.4) is 0 Å². The second-order valence-electron chi connectivity index (χ2n) is 3.97. The van der Waals surface area contributed by atoms with Crippen molar-refractivity contribution in [2.24, 2.45) is 5.92 Å². The molecule has 2 fully saturated rings. The molecule has 0 unspecified atom stereocenters. The lowest BCUT2D eigenvalue weighted by atomic mass is 9.85. The molecule has 1 heteroatoms. The van der Waals surface area contributed by atoms with Crippen LogP contribution in [0.25, 0.3) is 0 Å². The Kier molecular flexibility index (Phi) is 1.69. The number of rotatable bonds is 3. The van der Waals surface area contributed by atoms with Crippen LogP contribution < -0.4 is 0 Å². The van der Waals surface area contributed by atoms with E-state index >= 15 is 0 Å². The molecule has 0 saturated heterocycles. The molecule has 1 nitrogen and oxygen atoms in total. The van der Waals surface area contributed by atoms with Gasteiger partial charge in [-0.2, -0.15) is 0 Å². The van der Waals surface area contributed by atoms with Crippen molar-refractivity contribution in [3.05, 3.63) is 0 Å². The fourth-order valence-electron chi connectivity index (χ4n) is 1.75. The van der Waals surface area contributed by atoms with Gasteiger partial charge < -0.3 is 4.90 Å². The minimum atomic E-state index is 0.973. The van der Waals surface area contributed by atoms with E-state index in [1.165, 1.54) is 38.6 Å². The molecule has 0 aromatic carbocycles. The molecule has 2 saturated carbocycles. The Morgan fingerprint density at radius 3 is 2.30 bits per heavy atom. The van der Waals surface area contributed by atoms with Crippen molar-refractivity contribution in [2.45, 2.75) is 38.1 Å². The molecule has 0 aromatic heterocycles. The summed E-state index contributed by atoms with van der Waals surface area (Å²) < 4.78 is 0. The Morgan fingerprint density at radius 1 is 1.20 bits per heavy atom. The molecule has 0 N–H and O–H groups in total. The fraction of sp³-hybridized carbons (Fsp3) is 1.00. The molecule has 0 aliphatic heterocycles. The molecule has 0 heterocycles. The van der Waals surface area contributed by atoms with Crippen LogP contribution in [0.2, 0.25) is 0 Å². The maximum absolute atomic E-state index is 2.56. The summed E-state index contributed by atoms with van der Waals surface area (Å²) in [4.78, 5) is 2.56. The van der Waals surface area contributed by atoms with Gasteiger partial charge in [0.25, 0.3) is 0 Å². The molecule has 10 heavy (non-hydrogen) atoms. The van der Waals surface area contributed by atoms with Gasteiger partial charge in [-0.3, -0.25) is 0 Å². The van der Waals surface area contributed by atoms with Crippen molar-refractivity contribution in [3.63, 3.8) is 0 Å². The zero-order valence-corrected chi connectivity index (χ0v) is 6.84. The van der Waals surface area contributed by atoms with Crippen LogP contribution in [0.5, 0.6) is 0 Å². The summed E-state index contributed by atoms with van der Waals surface area (Å²) in [5, 5.41) is 0. The molecule has 0 amide bonds. The Bertz CT molecular complexity index is 114. The van der Waals surface area contributed by atoms with Crippen molar-refractivity contribution in [2.75, 3.05) is 13.6 Å². The molecular weight excluding hydrogens is 122 g/mol. The highest BCUT2D eigenvalue weighted by Crippen LogP contribution is 2.31. The Hall–Kier alpha value is -0.0400. The van der Waals surface area contributed by atoms with Gasteiger partial charge in [0.2, 0.25) is 0 Å². The maximum atomic E-state index is 2.56. The lowest BCUT2D eigenvalue weighted by Gasteiger charge is -2.30. The zero-order valence-electron chi connectivity index (χ0n) is 6.84. The third-order valence-corrected chi connectivity index (χ3v) is 2.94. The first kappa shape index (κ1) is 6.66. The minimum Gasteiger partial charge on any atom is -0.303 e. The first-order chi connectivity index (χ1) is 4.86. The molecule has 0 aromatic rings. The first-order valence-electron chi connectivity index (χ1n) is 4.56. The van der Waals surface area contributed by atoms with Gasteiger partial charge in [-0.05, 0) is 38.6 Å². The normalized spacial score (nSPS) is 27.0. The predicted molar refractivity (Wildman–Crippen MR) is 43.0 cm³/mol. The van der Waals surface area contributed by atoms with E-state index < -0.39 is 0 Å². The van der Waals surface area contributed by atoms with E-state index in [0.717, 1.165) is 12.0 Å². The lowest BCUT2D eigenvalue weighted by Crippen LogP contribution is -2.30. The van der Waals surface area contributed by atoms with Gasteiger partial charge in [0.1, 0.15) is 0 Å². The largest absolute Gasteiger partial charge is 0.303 e. The lowest BCUT2D eigenvalue weighted by molar-refractivity contribution is 0.199. The third kappa shape index (κ3) is 1.34. The standard InChI is InChI=1S/C9H17N/c1-10(9-5-6-9)7-8-3-2-4-8/h8-9H,2-7H2,1H3. The van der Waals surface area contributed by atoms with E-state index in [0.29, 0.717) is 0 Å². The molecule has 2 aliphatic carbocycles. The molecule has 0 spiro atoms. The topological polar surface area (TPSA) is 3.24 Å². The van der Waals surface area contributed by atoms with Crippen LogP contribution in [0.1, 0.15) is 32.1 Å². The first-order valence-corrected chi connectivity index (χ1v) is 4.56. The van der Waals surface area contributed by atoms with Crippen LogP contribution in [-0.2, 0) is 0 Å². The van der Waals surface area contributed by atoms with Gasteiger partial charge in [0.05, 0.1) is 0 Å². The van der Waals surface area contributed by atoms with Crippen molar-refractivity contribution >= 4 is 0 Å². The van der Waals surface area contributed by atoms with Crippen molar-refractivity contribution < 1.29 is 0 Å². The minimum absolute atomic E-state index is 0.973. The Morgan fingerprint density at radius 2 is 1.90 bits per heavy atom. The molecule has 2 aliphatic rings. The highest BCUT2D eigenvalue weighted by atomic mass is 15.2. The monoisotopic (exact) mass is 139 g/mol. The Balaban J connectivity index is 1.67. The van der Waals surface area contributed by atoms with Gasteiger partial charge >= 0.3 is 0 Å². The average molecular weight is 139 g/mol. The van der Waals surface area contributed by atoms with E-state index in [-0.39, 0.29) is 0 Å². The summed E-state index contributed by atoms with van der Waals surface area (Å²) in [5.41, 5.74) is 0. The van der Waals surface area contributed by atoms with Gasteiger partial charge in [-0.1, -0.05) is 6.42 Å². The quantitative estimate of drug-likeness (QED) is 0.577. The fourth-order valence-corrected chi connectivity index (χ4v) is 1.75. The van der Waals surface area contributed by atoms with Crippen molar-refractivity contribution in [1.82, 2.24) is 4.90 Å². The van der Waals surface area contributed by atoms with E-state index in [1.807, 2.05) is 0 Å². The summed E-state index contributed by atoms with van der Waals surface area (Å²) in [6.07, 6.45) is 7.41. The van der Waals surface area contributed by atoms with Crippen LogP contribution in [0.4, 0.5) is 0 Å². The summed E-state index contributed by atoms with van der Waals surface area (Å²) in [5.74, 6) is 1.06. The molecule has 0 bridgehead atoms. The second-order valence-corrected chi connectivity index (χ2v) is 3.97. The summed E-state index contributed by atoms with van der Waals surface area (Å²) >= 11 is 0.